The van der Waals surface area contributed by atoms with Crippen LogP contribution in [-0.2, 0) is 4.79 Å². The van der Waals surface area contributed by atoms with Crippen LogP contribution in [0.25, 0.3) is 0 Å². The zero-order chi connectivity index (χ0) is 13.8. The Labute approximate surface area is 107 Å². The molecule has 5 heteroatoms. The smallest absolute Gasteiger partial charge is 0.170 e. The van der Waals surface area contributed by atoms with E-state index in [9.17, 15) is 9.18 Å². The monoisotopic (exact) mass is 251 g/mol. The number of carbonyl (C=O) groups is 1. The molecule has 0 fully saturated rings. The summed E-state index contributed by atoms with van der Waals surface area (Å²) in [5.74, 6) is -0.879. The SMILES string of the molecule is CCN(CC)CC(=O)C1(N)C=C(F)C=C(C#N)C1. The third kappa shape index (κ3) is 3.25. The second-order valence-electron chi connectivity index (χ2n) is 4.41. The minimum absolute atomic E-state index is 0.0665. The third-order valence-corrected chi connectivity index (χ3v) is 3.11. The van der Waals surface area contributed by atoms with Crippen molar-refractivity contribution in [2.24, 2.45) is 5.73 Å². The number of nitriles is 1. The number of hydrogen-bond acceptors (Lipinski definition) is 4. The maximum Gasteiger partial charge on any atom is 0.170 e. The van der Waals surface area contributed by atoms with Crippen molar-refractivity contribution in [2.75, 3.05) is 19.6 Å². The molecule has 1 aliphatic rings. The zero-order valence-electron chi connectivity index (χ0n) is 10.7. The van der Waals surface area contributed by atoms with Gasteiger partial charge in [-0.2, -0.15) is 5.26 Å². The minimum Gasteiger partial charge on any atom is -0.315 e. The molecule has 1 rings (SSSR count). The van der Waals surface area contributed by atoms with Gasteiger partial charge in [0.05, 0.1) is 12.6 Å². The van der Waals surface area contributed by atoms with E-state index >= 15 is 0 Å². The molecule has 0 amide bonds. The Kier molecular flexibility index (Phi) is 4.76. The van der Waals surface area contributed by atoms with Gasteiger partial charge in [-0.15, -0.1) is 0 Å². The first-order valence-electron chi connectivity index (χ1n) is 5.98. The van der Waals surface area contributed by atoms with Crippen molar-refractivity contribution in [2.45, 2.75) is 25.8 Å². The highest BCUT2D eigenvalue weighted by Gasteiger charge is 2.36. The fourth-order valence-corrected chi connectivity index (χ4v) is 1.92. The van der Waals surface area contributed by atoms with Crippen LogP contribution >= 0.6 is 0 Å². The lowest BCUT2D eigenvalue weighted by Crippen LogP contribution is -2.51. The van der Waals surface area contributed by atoms with Crippen LogP contribution in [0.3, 0.4) is 0 Å². The van der Waals surface area contributed by atoms with Crippen molar-refractivity contribution in [1.29, 1.82) is 5.26 Å². The summed E-state index contributed by atoms with van der Waals surface area (Å²) in [6.45, 7) is 5.51. The molecule has 0 aliphatic heterocycles. The van der Waals surface area contributed by atoms with Gasteiger partial charge in [0.25, 0.3) is 0 Å². The largest absolute Gasteiger partial charge is 0.315 e. The molecule has 4 nitrogen and oxygen atoms in total. The number of nitrogens with zero attached hydrogens (tertiary/aromatic N) is 2. The van der Waals surface area contributed by atoms with E-state index in [1.54, 1.807) is 0 Å². The lowest BCUT2D eigenvalue weighted by Gasteiger charge is -2.29. The highest BCUT2D eigenvalue weighted by Crippen LogP contribution is 2.26. The van der Waals surface area contributed by atoms with Crippen LogP contribution in [0, 0.1) is 11.3 Å². The molecule has 0 aromatic rings. The van der Waals surface area contributed by atoms with E-state index in [-0.39, 0.29) is 24.3 Å². The number of Topliss-reactive ketones (excluding diaryl/α,β-unsaturated/α-hetero) is 1. The number of carbonyl (C=O) groups excluding carboxylic acids is 1. The summed E-state index contributed by atoms with van der Waals surface area (Å²) in [7, 11) is 0. The predicted octanol–water partition coefficient (Wildman–Crippen LogP) is 1.30. The summed E-state index contributed by atoms with van der Waals surface area (Å²) in [5.41, 5.74) is 4.74. The van der Waals surface area contributed by atoms with Crippen LogP contribution in [0.5, 0.6) is 0 Å². The molecule has 1 aliphatic carbocycles. The van der Waals surface area contributed by atoms with E-state index in [4.69, 9.17) is 11.0 Å². The van der Waals surface area contributed by atoms with Crippen molar-refractivity contribution in [3.63, 3.8) is 0 Å². The van der Waals surface area contributed by atoms with Crippen molar-refractivity contribution in [3.05, 3.63) is 23.6 Å². The van der Waals surface area contributed by atoms with E-state index in [0.29, 0.717) is 0 Å². The molecule has 98 valence electrons. The second-order valence-corrected chi connectivity index (χ2v) is 4.41. The van der Waals surface area contributed by atoms with Gasteiger partial charge in [0.1, 0.15) is 11.4 Å². The van der Waals surface area contributed by atoms with Gasteiger partial charge in [0.2, 0.25) is 0 Å². The van der Waals surface area contributed by atoms with Crippen molar-refractivity contribution in [1.82, 2.24) is 4.90 Å². The molecule has 0 saturated heterocycles. The van der Waals surface area contributed by atoms with Crippen LogP contribution < -0.4 is 5.73 Å². The van der Waals surface area contributed by atoms with E-state index in [0.717, 1.165) is 25.2 Å². The maximum absolute atomic E-state index is 13.4. The Morgan fingerprint density at radius 2 is 2.22 bits per heavy atom. The third-order valence-electron chi connectivity index (χ3n) is 3.11. The van der Waals surface area contributed by atoms with E-state index in [1.807, 2.05) is 24.8 Å². The second kappa shape index (κ2) is 5.89. The van der Waals surface area contributed by atoms with Gasteiger partial charge in [-0.25, -0.2) is 4.39 Å². The molecule has 1 unspecified atom stereocenters. The van der Waals surface area contributed by atoms with Gasteiger partial charge in [-0.05, 0) is 25.2 Å². The Balaban J connectivity index is 2.86. The molecule has 0 aromatic carbocycles. The van der Waals surface area contributed by atoms with Gasteiger partial charge in [-0.1, -0.05) is 13.8 Å². The summed E-state index contributed by atoms with van der Waals surface area (Å²) in [5, 5.41) is 8.81. The highest BCUT2D eigenvalue weighted by molar-refractivity contribution is 5.93. The molecule has 2 N–H and O–H groups in total. The lowest BCUT2D eigenvalue weighted by atomic mass is 9.83. The molecule has 0 saturated carbocycles. The predicted molar refractivity (Wildman–Crippen MR) is 67.2 cm³/mol. The standard InChI is InChI=1S/C13H18FN3O/c1-3-17(4-2)9-12(18)13(16)6-10(8-15)5-11(14)7-13/h5,7H,3-4,6,9,16H2,1-2H3. The number of nitrogens with two attached hydrogens (primary N) is 1. The van der Waals surface area contributed by atoms with E-state index in [1.165, 1.54) is 0 Å². The first-order chi connectivity index (χ1) is 8.45. The first-order valence-corrected chi connectivity index (χ1v) is 5.98. The Hall–Kier alpha value is -1.51. The Bertz CT molecular complexity index is 432. The molecule has 0 radical (unpaired) electrons. The normalized spacial score (nSPS) is 23.3. The summed E-state index contributed by atoms with van der Waals surface area (Å²) in [6, 6.07) is 1.86. The van der Waals surface area contributed by atoms with Crippen LogP contribution in [0.1, 0.15) is 20.3 Å². The maximum atomic E-state index is 13.4. The summed E-state index contributed by atoms with van der Waals surface area (Å²) < 4.78 is 13.4. The average molecular weight is 251 g/mol. The zero-order valence-corrected chi connectivity index (χ0v) is 10.7. The Morgan fingerprint density at radius 3 is 2.72 bits per heavy atom. The molecule has 0 aromatic heterocycles. The van der Waals surface area contributed by atoms with Crippen molar-refractivity contribution in [3.8, 4) is 6.07 Å². The summed E-state index contributed by atoms with van der Waals surface area (Å²) >= 11 is 0. The highest BCUT2D eigenvalue weighted by atomic mass is 19.1. The van der Waals surface area contributed by atoms with Crippen LogP contribution in [0.2, 0.25) is 0 Å². The van der Waals surface area contributed by atoms with Gasteiger partial charge < -0.3 is 5.73 Å². The molecule has 18 heavy (non-hydrogen) atoms. The van der Waals surface area contributed by atoms with Gasteiger partial charge in [0.15, 0.2) is 5.78 Å². The van der Waals surface area contributed by atoms with Gasteiger partial charge in [0, 0.05) is 12.0 Å². The lowest BCUT2D eigenvalue weighted by molar-refractivity contribution is -0.123. The number of allylic oxidation sites excluding steroid dienone is 2. The van der Waals surface area contributed by atoms with Crippen LogP contribution in [-0.4, -0.2) is 35.9 Å². The number of rotatable bonds is 5. The molecule has 1 atom stereocenters. The van der Waals surface area contributed by atoms with E-state index in [2.05, 4.69) is 0 Å². The topological polar surface area (TPSA) is 70.1 Å². The quantitative estimate of drug-likeness (QED) is 0.799. The van der Waals surface area contributed by atoms with Crippen LogP contribution in [0.15, 0.2) is 23.6 Å². The van der Waals surface area contributed by atoms with Crippen molar-refractivity contribution >= 4 is 5.78 Å². The average Bonchev–Trinajstić information content (AvgIpc) is 2.34. The Morgan fingerprint density at radius 1 is 1.61 bits per heavy atom. The molecule has 0 heterocycles. The number of ketones is 1. The molecule has 0 bridgehead atoms. The van der Waals surface area contributed by atoms with Gasteiger partial charge in [-0.3, -0.25) is 9.69 Å². The fraction of sp³-hybridized carbons (Fsp3) is 0.538. The summed E-state index contributed by atoms with van der Waals surface area (Å²) in [4.78, 5) is 14.1. The summed E-state index contributed by atoms with van der Waals surface area (Å²) in [6.07, 6.45) is 2.30. The molecule has 0 spiro atoms. The van der Waals surface area contributed by atoms with Crippen LogP contribution in [0.4, 0.5) is 4.39 Å². The van der Waals surface area contributed by atoms with E-state index < -0.39 is 11.4 Å². The van der Waals surface area contributed by atoms with Crippen molar-refractivity contribution < 1.29 is 9.18 Å². The molecular formula is C13H18FN3O. The fourth-order valence-electron chi connectivity index (χ4n) is 1.92. The number of hydrogen-bond donors (Lipinski definition) is 1. The number of likely N-dealkylation sites (N-methyl/N-ethyl adjacent to an activating group) is 1. The molecular weight excluding hydrogens is 233 g/mol. The number of halogens is 1. The first kappa shape index (κ1) is 14.6. The minimum atomic E-state index is -1.40. The van der Waals surface area contributed by atoms with Gasteiger partial charge >= 0.3 is 0 Å².